The molecular weight excluding hydrogens is 188 g/mol. The van der Waals surface area contributed by atoms with Gasteiger partial charge in [-0.15, -0.1) is 0 Å². The second-order valence-corrected chi connectivity index (χ2v) is 3.70. The summed E-state index contributed by atoms with van der Waals surface area (Å²) in [5, 5.41) is 9.27. The third-order valence-corrected chi connectivity index (χ3v) is 2.47. The van der Waals surface area contributed by atoms with E-state index in [1.807, 2.05) is 0 Å². The van der Waals surface area contributed by atoms with Gasteiger partial charge in [0.05, 0.1) is 0 Å². The Morgan fingerprint density at radius 1 is 1.62 bits per heavy atom. The van der Waals surface area contributed by atoms with Gasteiger partial charge in [0.2, 0.25) is 0 Å². The molecule has 0 aliphatic heterocycles. The van der Waals surface area contributed by atoms with Crippen LogP contribution < -0.4 is 0 Å². The van der Waals surface area contributed by atoms with Crippen LogP contribution >= 0.6 is 11.8 Å². The van der Waals surface area contributed by atoms with Crippen LogP contribution in [0.4, 0.5) is 0 Å². The Hall–Kier alpha value is -0.740. The minimum Gasteiger partial charge on any atom is -0.447 e. The average Bonchev–Trinajstić information content (AvgIpc) is 2.53. The Morgan fingerprint density at radius 3 is 2.92 bits per heavy atom. The minimum atomic E-state index is -0.0611. The summed E-state index contributed by atoms with van der Waals surface area (Å²) >= 11 is 1.50. The normalized spacial score (nSPS) is 10.3. The molecule has 0 spiro atoms. The molecule has 0 unspecified atom stereocenters. The molecule has 13 heavy (non-hydrogen) atoms. The smallest absolute Gasteiger partial charge is 0.194 e. The maximum Gasteiger partial charge on any atom is 0.194 e. The Labute approximate surface area is 81.1 Å². The molecule has 1 rings (SSSR count). The fourth-order valence-electron chi connectivity index (χ4n) is 0.824. The minimum absolute atomic E-state index is 0.0611. The molecular formula is C9H12O3S. The Morgan fingerprint density at radius 2 is 2.38 bits per heavy atom. The van der Waals surface area contributed by atoms with Crippen LogP contribution in [0.3, 0.4) is 0 Å². The molecule has 0 saturated heterocycles. The quantitative estimate of drug-likeness (QED) is 0.448. The largest absolute Gasteiger partial charge is 0.447 e. The lowest BCUT2D eigenvalue weighted by Crippen LogP contribution is -1.86. The van der Waals surface area contributed by atoms with Crippen molar-refractivity contribution in [3.63, 3.8) is 0 Å². The van der Waals surface area contributed by atoms with Crippen LogP contribution in [0.25, 0.3) is 0 Å². The van der Waals surface area contributed by atoms with Crippen LogP contribution in [0, 0.1) is 0 Å². The first kappa shape index (κ1) is 10.3. The van der Waals surface area contributed by atoms with Crippen LogP contribution in [-0.2, 0) is 0 Å². The van der Waals surface area contributed by atoms with Gasteiger partial charge in [0.15, 0.2) is 16.6 Å². The molecule has 0 bridgehead atoms. The lowest BCUT2D eigenvalue weighted by Gasteiger charge is -1.94. The summed E-state index contributed by atoms with van der Waals surface area (Å²) in [5.74, 6) is 1.14. The summed E-state index contributed by atoms with van der Waals surface area (Å²) in [7, 11) is 0. The van der Waals surface area contributed by atoms with E-state index < -0.39 is 0 Å². The topological polar surface area (TPSA) is 50.4 Å². The van der Waals surface area contributed by atoms with E-state index in [4.69, 9.17) is 9.52 Å². The number of hydrogen-bond acceptors (Lipinski definition) is 4. The lowest BCUT2D eigenvalue weighted by molar-refractivity contribution is 0.0982. The van der Waals surface area contributed by atoms with Crippen molar-refractivity contribution in [2.24, 2.45) is 0 Å². The molecule has 0 aromatic carbocycles. The number of ketones is 1. The number of carbonyl (C=O) groups excluding carboxylic acids is 1. The standard InChI is InChI=1S/C9H12O3S/c1-7(11)8-3-4-9(12-8)13-6-2-5-10/h3-4,10H,2,5-6H2,1H3. The fourth-order valence-corrected chi connectivity index (χ4v) is 1.61. The zero-order valence-corrected chi connectivity index (χ0v) is 8.26. The number of carbonyl (C=O) groups is 1. The van der Waals surface area contributed by atoms with Gasteiger partial charge in [0.25, 0.3) is 0 Å². The molecule has 0 radical (unpaired) electrons. The third-order valence-electron chi connectivity index (χ3n) is 1.48. The molecule has 0 aliphatic rings. The lowest BCUT2D eigenvalue weighted by atomic mass is 10.3. The number of Topliss-reactive ketones (excluding diaryl/α,β-unsaturated/α-hetero) is 1. The highest BCUT2D eigenvalue weighted by atomic mass is 32.2. The van der Waals surface area contributed by atoms with Gasteiger partial charge >= 0.3 is 0 Å². The van der Waals surface area contributed by atoms with Gasteiger partial charge in [-0.05, 0) is 18.6 Å². The van der Waals surface area contributed by atoms with Crippen molar-refractivity contribution in [1.82, 2.24) is 0 Å². The number of rotatable bonds is 5. The number of thioether (sulfide) groups is 1. The maximum atomic E-state index is 10.8. The van der Waals surface area contributed by atoms with Crippen molar-refractivity contribution in [3.8, 4) is 0 Å². The first-order valence-corrected chi connectivity index (χ1v) is 5.07. The predicted octanol–water partition coefficient (Wildman–Crippen LogP) is 1.96. The van der Waals surface area contributed by atoms with Crippen molar-refractivity contribution < 1.29 is 14.3 Å². The molecule has 0 aliphatic carbocycles. The SMILES string of the molecule is CC(=O)c1ccc(SCCCO)o1. The Kier molecular flexibility index (Phi) is 4.05. The number of furan rings is 1. The van der Waals surface area contributed by atoms with E-state index in [1.54, 1.807) is 12.1 Å². The number of aliphatic hydroxyl groups excluding tert-OH is 1. The van der Waals surface area contributed by atoms with E-state index in [9.17, 15) is 4.79 Å². The van der Waals surface area contributed by atoms with E-state index >= 15 is 0 Å². The second kappa shape index (κ2) is 5.09. The first-order chi connectivity index (χ1) is 6.24. The Bertz CT molecular complexity index is 280. The average molecular weight is 200 g/mol. The van der Waals surface area contributed by atoms with Gasteiger partial charge in [-0.2, -0.15) is 0 Å². The highest BCUT2D eigenvalue weighted by molar-refractivity contribution is 7.99. The highest BCUT2D eigenvalue weighted by Crippen LogP contribution is 2.21. The Balaban J connectivity index is 2.44. The summed E-state index contributed by atoms with van der Waals surface area (Å²) in [6.07, 6.45) is 0.737. The van der Waals surface area contributed by atoms with Crippen LogP contribution in [0.15, 0.2) is 21.6 Å². The van der Waals surface area contributed by atoms with E-state index in [1.165, 1.54) is 18.7 Å². The fraction of sp³-hybridized carbons (Fsp3) is 0.444. The monoisotopic (exact) mass is 200 g/mol. The van der Waals surface area contributed by atoms with Crippen molar-refractivity contribution in [1.29, 1.82) is 0 Å². The number of hydrogen-bond donors (Lipinski definition) is 1. The van der Waals surface area contributed by atoms with Crippen LogP contribution in [0.5, 0.6) is 0 Å². The van der Waals surface area contributed by atoms with Gasteiger partial charge in [0.1, 0.15) is 0 Å². The third kappa shape index (κ3) is 3.24. The highest BCUT2D eigenvalue weighted by Gasteiger charge is 2.05. The zero-order valence-electron chi connectivity index (χ0n) is 7.45. The van der Waals surface area contributed by atoms with Crippen LogP contribution in [0.2, 0.25) is 0 Å². The second-order valence-electron chi connectivity index (χ2n) is 2.60. The van der Waals surface area contributed by atoms with Crippen molar-refractivity contribution in [3.05, 3.63) is 17.9 Å². The summed E-state index contributed by atoms with van der Waals surface area (Å²) in [5.41, 5.74) is 0. The molecule has 0 amide bonds. The van der Waals surface area contributed by atoms with Gasteiger partial charge in [-0.3, -0.25) is 4.79 Å². The summed E-state index contributed by atoms with van der Waals surface area (Å²) < 4.78 is 5.22. The molecule has 0 atom stereocenters. The van der Waals surface area contributed by atoms with Gasteiger partial charge in [-0.25, -0.2) is 0 Å². The van der Waals surface area contributed by atoms with Gasteiger partial charge in [-0.1, -0.05) is 11.8 Å². The van der Waals surface area contributed by atoms with Crippen molar-refractivity contribution in [2.45, 2.75) is 18.4 Å². The predicted molar refractivity (Wildman–Crippen MR) is 51.1 cm³/mol. The molecule has 1 aromatic rings. The van der Waals surface area contributed by atoms with Crippen LogP contribution in [-0.4, -0.2) is 23.2 Å². The zero-order chi connectivity index (χ0) is 9.68. The summed E-state index contributed by atoms with van der Waals surface area (Å²) in [6, 6.07) is 3.45. The molecule has 72 valence electrons. The van der Waals surface area contributed by atoms with Crippen LogP contribution in [0.1, 0.15) is 23.9 Å². The molecule has 1 N–H and O–H groups in total. The van der Waals surface area contributed by atoms with Gasteiger partial charge < -0.3 is 9.52 Å². The van der Waals surface area contributed by atoms with E-state index in [-0.39, 0.29) is 12.4 Å². The molecule has 3 nitrogen and oxygen atoms in total. The molecule has 1 aromatic heterocycles. The molecule has 4 heteroatoms. The van der Waals surface area contributed by atoms with Gasteiger partial charge in [0, 0.05) is 19.3 Å². The van der Waals surface area contributed by atoms with E-state index in [0.29, 0.717) is 5.76 Å². The van der Waals surface area contributed by atoms with E-state index in [0.717, 1.165) is 17.3 Å². The van der Waals surface area contributed by atoms with Crippen molar-refractivity contribution in [2.75, 3.05) is 12.4 Å². The maximum absolute atomic E-state index is 10.8. The molecule has 1 heterocycles. The first-order valence-electron chi connectivity index (χ1n) is 4.08. The summed E-state index contributed by atoms with van der Waals surface area (Å²) in [6.45, 7) is 1.66. The van der Waals surface area contributed by atoms with Crippen molar-refractivity contribution >= 4 is 17.5 Å². The number of aliphatic hydroxyl groups is 1. The van der Waals surface area contributed by atoms with E-state index in [2.05, 4.69) is 0 Å². The molecule has 0 fully saturated rings. The molecule has 0 saturated carbocycles. The summed E-state index contributed by atoms with van der Waals surface area (Å²) in [4.78, 5) is 10.8.